The molecule has 2 unspecified atom stereocenters. The summed E-state index contributed by atoms with van der Waals surface area (Å²) in [5.41, 5.74) is -0.0936. The van der Waals surface area contributed by atoms with Gasteiger partial charge in [-0.2, -0.15) is 0 Å². The third-order valence-corrected chi connectivity index (χ3v) is 9.30. The molecule has 0 aromatic rings. The van der Waals surface area contributed by atoms with Crippen LogP contribution in [0.15, 0.2) is 47.6 Å². The zero-order chi connectivity index (χ0) is 30.0. The van der Waals surface area contributed by atoms with Crippen LogP contribution in [-0.2, 0) is 38.1 Å². The van der Waals surface area contributed by atoms with Crippen LogP contribution in [0.2, 0.25) is 0 Å². The van der Waals surface area contributed by atoms with E-state index in [1.807, 2.05) is 0 Å². The molecule has 1 spiro atoms. The summed E-state index contributed by atoms with van der Waals surface area (Å²) in [7, 11) is 0. The molecule has 0 aromatic heterocycles. The van der Waals surface area contributed by atoms with Crippen molar-refractivity contribution in [1.29, 1.82) is 0 Å². The molecule has 4 aliphatic rings. The van der Waals surface area contributed by atoms with Crippen molar-refractivity contribution in [3.63, 3.8) is 0 Å². The molecule has 1 saturated carbocycles. The van der Waals surface area contributed by atoms with Crippen molar-refractivity contribution in [2.45, 2.75) is 96.4 Å². The third-order valence-electron chi connectivity index (χ3n) is 9.30. The van der Waals surface area contributed by atoms with E-state index >= 15 is 0 Å². The normalized spacial score (nSPS) is 35.6. The highest BCUT2D eigenvalue weighted by molar-refractivity contribution is 5.83. The lowest BCUT2D eigenvalue weighted by atomic mass is 9.51. The fourth-order valence-electron chi connectivity index (χ4n) is 6.80. The third kappa shape index (κ3) is 5.93. The number of ether oxygens (including phenoxy) is 5. The number of rotatable bonds is 11. The van der Waals surface area contributed by atoms with Crippen molar-refractivity contribution in [1.82, 2.24) is 0 Å². The van der Waals surface area contributed by atoms with Crippen molar-refractivity contribution in [3.8, 4) is 0 Å². The lowest BCUT2D eigenvalue weighted by Crippen LogP contribution is -2.66. The summed E-state index contributed by atoms with van der Waals surface area (Å²) in [5, 5.41) is 19.3. The number of hydrogen-bond acceptors (Lipinski definition) is 10. The molecular weight excluding hydrogens is 532 g/mol. The molecule has 0 amide bonds. The van der Waals surface area contributed by atoms with E-state index in [0.717, 1.165) is 12.0 Å². The van der Waals surface area contributed by atoms with Crippen LogP contribution < -0.4 is 0 Å². The minimum Gasteiger partial charge on any atom is -0.462 e. The molecule has 8 atom stereocenters. The van der Waals surface area contributed by atoms with Crippen LogP contribution in [0, 0.1) is 10.8 Å². The molecule has 2 bridgehead atoms. The Morgan fingerprint density at radius 3 is 2.61 bits per heavy atom. The van der Waals surface area contributed by atoms with Crippen LogP contribution in [0.3, 0.4) is 0 Å². The molecular formula is C31H42O10. The van der Waals surface area contributed by atoms with E-state index in [9.17, 15) is 19.5 Å². The van der Waals surface area contributed by atoms with Crippen molar-refractivity contribution in [2.24, 2.45) is 10.8 Å². The molecule has 2 saturated heterocycles. The predicted molar refractivity (Wildman–Crippen MR) is 147 cm³/mol. The molecule has 2 aliphatic heterocycles. The largest absolute Gasteiger partial charge is 0.462 e. The van der Waals surface area contributed by atoms with Gasteiger partial charge in [0.05, 0.1) is 24.2 Å². The Kier molecular flexibility index (Phi) is 9.28. The van der Waals surface area contributed by atoms with Gasteiger partial charge in [-0.05, 0) is 40.0 Å². The Labute approximate surface area is 241 Å². The molecule has 41 heavy (non-hydrogen) atoms. The van der Waals surface area contributed by atoms with Crippen LogP contribution in [0.25, 0.3) is 0 Å². The number of carbonyl (C=O) groups excluding carboxylic acids is 3. The summed E-state index contributed by atoms with van der Waals surface area (Å²) in [6.45, 7) is 9.22. The van der Waals surface area contributed by atoms with E-state index in [1.165, 1.54) is 42.9 Å². The summed E-state index contributed by atoms with van der Waals surface area (Å²) in [6.07, 6.45) is 8.55. The molecule has 4 rings (SSSR count). The minimum atomic E-state index is -1.03. The van der Waals surface area contributed by atoms with Crippen LogP contribution in [0.1, 0.15) is 60.3 Å². The first-order chi connectivity index (χ1) is 19.4. The topological polar surface area (TPSA) is 141 Å². The lowest BCUT2D eigenvalue weighted by Gasteiger charge is -2.58. The molecule has 226 valence electrons. The summed E-state index contributed by atoms with van der Waals surface area (Å²) in [4.78, 5) is 36.8. The van der Waals surface area contributed by atoms with Gasteiger partial charge < -0.3 is 33.9 Å². The molecule has 0 aromatic carbocycles. The van der Waals surface area contributed by atoms with E-state index in [2.05, 4.69) is 19.9 Å². The van der Waals surface area contributed by atoms with Crippen molar-refractivity contribution in [3.05, 3.63) is 47.6 Å². The van der Waals surface area contributed by atoms with Crippen molar-refractivity contribution < 1.29 is 48.3 Å². The zero-order valence-electron chi connectivity index (χ0n) is 24.5. The average molecular weight is 575 g/mol. The van der Waals surface area contributed by atoms with E-state index in [-0.39, 0.29) is 25.4 Å². The highest BCUT2D eigenvalue weighted by atomic mass is 16.6. The van der Waals surface area contributed by atoms with Gasteiger partial charge in [0.2, 0.25) is 0 Å². The van der Waals surface area contributed by atoms with Gasteiger partial charge in [0.25, 0.3) is 0 Å². The van der Waals surface area contributed by atoms with Gasteiger partial charge >= 0.3 is 17.9 Å². The number of esters is 3. The maximum atomic E-state index is 13.0. The molecule has 2 N–H and O–H groups in total. The van der Waals surface area contributed by atoms with E-state index < -0.39 is 52.7 Å². The predicted octanol–water partition coefficient (Wildman–Crippen LogP) is 2.87. The minimum absolute atomic E-state index is 0.0515. The number of fused-ring (bicyclic) bond motifs is 2. The SMILES string of the molecule is CC(=O)OC(C)[C@@H](O)/C=C/C=C\C(=O)O[C@@H]1CC2O[C@@H]3C=C(C)CC[C@]3(COC(=O)/C=C(\C)CCO)[C@]1(C)[C@]21CO1. The van der Waals surface area contributed by atoms with Gasteiger partial charge in [-0.1, -0.05) is 42.4 Å². The van der Waals surface area contributed by atoms with E-state index in [1.54, 1.807) is 13.8 Å². The quantitative estimate of drug-likeness (QED) is 0.0945. The van der Waals surface area contributed by atoms with E-state index in [4.69, 9.17) is 28.8 Å². The summed E-state index contributed by atoms with van der Waals surface area (Å²) >= 11 is 0. The first kappa shape index (κ1) is 31.2. The molecule has 0 radical (unpaired) electrons. The molecule has 10 heteroatoms. The first-order valence-electron chi connectivity index (χ1n) is 14.2. The number of carbonyl (C=O) groups is 3. The Balaban J connectivity index is 1.53. The van der Waals surface area contributed by atoms with Gasteiger partial charge in [0.1, 0.15) is 30.5 Å². The molecule has 10 nitrogen and oxygen atoms in total. The highest BCUT2D eigenvalue weighted by Gasteiger charge is 2.83. The van der Waals surface area contributed by atoms with Gasteiger partial charge in [-0.25, -0.2) is 9.59 Å². The summed E-state index contributed by atoms with van der Waals surface area (Å²) < 4.78 is 29.6. The molecule has 3 fully saturated rings. The van der Waals surface area contributed by atoms with Gasteiger partial charge in [0, 0.05) is 37.5 Å². The van der Waals surface area contributed by atoms with Crippen LogP contribution >= 0.6 is 0 Å². The second-order valence-electron chi connectivity index (χ2n) is 11.9. The smallest absolute Gasteiger partial charge is 0.331 e. The number of epoxide rings is 1. The number of hydrogen-bond donors (Lipinski definition) is 2. The van der Waals surface area contributed by atoms with Crippen LogP contribution in [0.4, 0.5) is 0 Å². The fourth-order valence-corrected chi connectivity index (χ4v) is 6.80. The summed E-state index contributed by atoms with van der Waals surface area (Å²) in [5.74, 6) is -1.54. The lowest BCUT2D eigenvalue weighted by molar-refractivity contribution is -0.232. The Hall–Kier alpha value is -2.79. The first-order valence-corrected chi connectivity index (χ1v) is 14.2. The molecule has 2 heterocycles. The number of allylic oxidation sites excluding steroid dienone is 3. The van der Waals surface area contributed by atoms with Gasteiger partial charge in [-0.15, -0.1) is 0 Å². The second kappa shape index (κ2) is 12.2. The number of aliphatic hydroxyl groups excluding tert-OH is 2. The Morgan fingerprint density at radius 1 is 1.22 bits per heavy atom. The maximum absolute atomic E-state index is 13.0. The number of aliphatic hydroxyl groups is 2. The Bertz CT molecular complexity index is 1150. The van der Waals surface area contributed by atoms with Gasteiger partial charge in [0.15, 0.2) is 0 Å². The second-order valence-corrected chi connectivity index (χ2v) is 11.9. The average Bonchev–Trinajstić information content (AvgIpc) is 3.68. The van der Waals surface area contributed by atoms with Gasteiger partial charge in [-0.3, -0.25) is 4.79 Å². The fraction of sp³-hybridized carbons (Fsp3) is 0.645. The van der Waals surface area contributed by atoms with Crippen molar-refractivity contribution in [2.75, 3.05) is 19.8 Å². The maximum Gasteiger partial charge on any atom is 0.331 e. The summed E-state index contributed by atoms with van der Waals surface area (Å²) in [6, 6.07) is 0. The van der Waals surface area contributed by atoms with Crippen LogP contribution in [-0.4, -0.2) is 84.1 Å². The van der Waals surface area contributed by atoms with Crippen molar-refractivity contribution >= 4 is 17.9 Å². The van der Waals surface area contributed by atoms with E-state index in [0.29, 0.717) is 25.9 Å². The standard InChI is InChI=1S/C31H42O10/c1-19-10-12-30(17-37-28(36)15-20(2)11-13-32)25(14-19)40-26-16-24(29(30,5)31(26)18-38-31)41-27(35)9-7-6-8-23(34)21(3)39-22(4)33/h6-9,14-15,21,23-26,32,34H,10-13,16-18H2,1-5H3/b8-6+,9-7-,20-15+/t21?,23-,24+,25+,26?,29+,30+,31-/m0/s1. The highest BCUT2D eigenvalue weighted by Crippen LogP contribution is 2.72. The van der Waals surface area contributed by atoms with Crippen LogP contribution in [0.5, 0.6) is 0 Å². The Morgan fingerprint density at radius 2 is 1.95 bits per heavy atom. The monoisotopic (exact) mass is 574 g/mol. The molecule has 2 aliphatic carbocycles. The zero-order valence-corrected chi connectivity index (χ0v) is 24.5.